The molecular formula is C14H15BrN2O2. The molecule has 1 aliphatic heterocycles. The molecule has 2 N–H and O–H groups in total. The first-order valence-corrected chi connectivity index (χ1v) is 6.87. The molecular weight excluding hydrogens is 308 g/mol. The van der Waals surface area contributed by atoms with Crippen molar-refractivity contribution in [1.29, 1.82) is 0 Å². The maximum atomic E-state index is 11.9. The van der Waals surface area contributed by atoms with Crippen molar-refractivity contribution < 1.29 is 9.59 Å². The lowest BCUT2D eigenvalue weighted by molar-refractivity contribution is -0.125. The van der Waals surface area contributed by atoms with Gasteiger partial charge in [0.1, 0.15) is 0 Å². The minimum Gasteiger partial charge on any atom is -0.369 e. The Morgan fingerprint density at radius 3 is 2.58 bits per heavy atom. The van der Waals surface area contributed by atoms with E-state index in [1.54, 1.807) is 11.0 Å². The van der Waals surface area contributed by atoms with Crippen molar-refractivity contribution in [2.45, 2.75) is 6.42 Å². The molecule has 1 atom stereocenters. The predicted octanol–water partition coefficient (Wildman–Crippen LogP) is 1.80. The van der Waals surface area contributed by atoms with E-state index in [0.717, 1.165) is 10.0 Å². The van der Waals surface area contributed by atoms with Gasteiger partial charge >= 0.3 is 0 Å². The van der Waals surface area contributed by atoms with E-state index in [9.17, 15) is 9.59 Å². The Labute approximate surface area is 120 Å². The van der Waals surface area contributed by atoms with Crippen molar-refractivity contribution in [2.24, 2.45) is 11.7 Å². The number of amides is 2. The Bertz CT molecular complexity index is 511. The van der Waals surface area contributed by atoms with Gasteiger partial charge in [0.15, 0.2) is 0 Å². The molecule has 0 radical (unpaired) electrons. The Hall–Kier alpha value is -1.62. The molecule has 1 fully saturated rings. The summed E-state index contributed by atoms with van der Waals surface area (Å²) in [7, 11) is 0. The minimum absolute atomic E-state index is 0.0772. The average molecular weight is 323 g/mol. The van der Waals surface area contributed by atoms with Crippen LogP contribution in [0.5, 0.6) is 0 Å². The zero-order valence-electron chi connectivity index (χ0n) is 10.4. The molecule has 100 valence electrons. The largest absolute Gasteiger partial charge is 0.369 e. The van der Waals surface area contributed by atoms with Gasteiger partial charge in [-0.05, 0) is 30.2 Å². The molecule has 0 aromatic heterocycles. The summed E-state index contributed by atoms with van der Waals surface area (Å²) in [5, 5.41) is 0. The summed E-state index contributed by atoms with van der Waals surface area (Å²) < 4.78 is 1.000. The van der Waals surface area contributed by atoms with Crippen LogP contribution >= 0.6 is 15.9 Å². The molecule has 1 saturated heterocycles. The molecule has 0 aliphatic carbocycles. The summed E-state index contributed by atoms with van der Waals surface area (Å²) in [5.41, 5.74) is 6.20. The van der Waals surface area contributed by atoms with Gasteiger partial charge in [0.05, 0.1) is 5.92 Å². The number of hydrogen-bond donors (Lipinski definition) is 1. The second kappa shape index (κ2) is 6.02. The summed E-state index contributed by atoms with van der Waals surface area (Å²) >= 11 is 3.36. The number of hydrogen-bond acceptors (Lipinski definition) is 2. The van der Waals surface area contributed by atoms with Crippen molar-refractivity contribution in [1.82, 2.24) is 4.90 Å². The van der Waals surface area contributed by atoms with E-state index in [1.165, 1.54) is 6.08 Å². The van der Waals surface area contributed by atoms with Crippen LogP contribution in [0.4, 0.5) is 0 Å². The van der Waals surface area contributed by atoms with Crippen LogP contribution in [0.3, 0.4) is 0 Å². The molecule has 4 nitrogen and oxygen atoms in total. The number of halogens is 1. The zero-order chi connectivity index (χ0) is 13.8. The predicted molar refractivity (Wildman–Crippen MR) is 77.1 cm³/mol. The third-order valence-electron chi connectivity index (χ3n) is 3.19. The van der Waals surface area contributed by atoms with Crippen LogP contribution in [-0.4, -0.2) is 29.8 Å². The number of rotatable bonds is 3. The number of primary amides is 1. The molecule has 5 heteroatoms. The topological polar surface area (TPSA) is 63.4 Å². The van der Waals surface area contributed by atoms with Crippen LogP contribution in [0.2, 0.25) is 0 Å². The zero-order valence-corrected chi connectivity index (χ0v) is 12.0. The Balaban J connectivity index is 1.94. The minimum atomic E-state index is -0.327. The lowest BCUT2D eigenvalue weighted by Gasteiger charge is -2.13. The molecule has 19 heavy (non-hydrogen) atoms. The number of carbonyl (C=O) groups is 2. The summed E-state index contributed by atoms with van der Waals surface area (Å²) in [6.07, 6.45) is 3.96. The van der Waals surface area contributed by atoms with E-state index in [4.69, 9.17) is 5.73 Å². The molecule has 1 unspecified atom stereocenters. The van der Waals surface area contributed by atoms with Gasteiger partial charge in [0, 0.05) is 23.6 Å². The number of benzene rings is 1. The second-order valence-electron chi connectivity index (χ2n) is 4.56. The summed E-state index contributed by atoms with van der Waals surface area (Å²) in [5.74, 6) is -0.608. The van der Waals surface area contributed by atoms with Crippen molar-refractivity contribution in [3.63, 3.8) is 0 Å². The van der Waals surface area contributed by atoms with Crippen molar-refractivity contribution >= 4 is 33.8 Å². The molecule has 1 aliphatic rings. The van der Waals surface area contributed by atoms with Crippen LogP contribution in [0.1, 0.15) is 12.0 Å². The van der Waals surface area contributed by atoms with Crippen molar-refractivity contribution in [3.8, 4) is 0 Å². The van der Waals surface area contributed by atoms with E-state index in [2.05, 4.69) is 15.9 Å². The van der Waals surface area contributed by atoms with E-state index < -0.39 is 0 Å². The van der Waals surface area contributed by atoms with Crippen LogP contribution in [-0.2, 0) is 9.59 Å². The maximum Gasteiger partial charge on any atom is 0.246 e. The first-order valence-electron chi connectivity index (χ1n) is 6.08. The Kier molecular flexibility index (Phi) is 4.37. The molecule has 0 spiro atoms. The highest BCUT2D eigenvalue weighted by atomic mass is 79.9. The summed E-state index contributed by atoms with van der Waals surface area (Å²) in [4.78, 5) is 24.6. The van der Waals surface area contributed by atoms with E-state index in [0.29, 0.717) is 19.5 Å². The Morgan fingerprint density at radius 1 is 1.32 bits per heavy atom. The summed E-state index contributed by atoms with van der Waals surface area (Å²) in [6.45, 7) is 1.02. The van der Waals surface area contributed by atoms with Crippen molar-refractivity contribution in [3.05, 3.63) is 40.4 Å². The average Bonchev–Trinajstić information content (AvgIpc) is 2.87. The SMILES string of the molecule is NC(=O)C1CCN(C(=O)C=Cc2ccc(Br)cc2)C1. The normalized spacial score (nSPS) is 19.0. The van der Waals surface area contributed by atoms with Gasteiger partial charge in [0.2, 0.25) is 11.8 Å². The van der Waals surface area contributed by atoms with Crippen molar-refractivity contribution in [2.75, 3.05) is 13.1 Å². The maximum absolute atomic E-state index is 11.9. The highest BCUT2D eigenvalue weighted by Gasteiger charge is 2.28. The van der Waals surface area contributed by atoms with Gasteiger partial charge in [-0.3, -0.25) is 9.59 Å². The number of carbonyl (C=O) groups excluding carboxylic acids is 2. The van der Waals surface area contributed by atoms with Gasteiger partial charge < -0.3 is 10.6 Å². The number of likely N-dealkylation sites (tertiary alicyclic amines) is 1. The quantitative estimate of drug-likeness (QED) is 0.862. The smallest absolute Gasteiger partial charge is 0.246 e. The van der Waals surface area contributed by atoms with Gasteiger partial charge in [0.25, 0.3) is 0 Å². The van der Waals surface area contributed by atoms with Crippen LogP contribution in [0.25, 0.3) is 6.08 Å². The molecule has 1 aromatic rings. The monoisotopic (exact) mass is 322 g/mol. The van der Waals surface area contributed by atoms with E-state index in [1.807, 2.05) is 24.3 Å². The first-order chi connectivity index (χ1) is 9.06. The molecule has 1 heterocycles. The highest BCUT2D eigenvalue weighted by molar-refractivity contribution is 9.10. The first kappa shape index (κ1) is 13.8. The third-order valence-corrected chi connectivity index (χ3v) is 3.72. The molecule has 2 amide bonds. The molecule has 0 saturated carbocycles. The lowest BCUT2D eigenvalue weighted by atomic mass is 10.1. The molecule has 2 rings (SSSR count). The second-order valence-corrected chi connectivity index (χ2v) is 5.47. The highest BCUT2D eigenvalue weighted by Crippen LogP contribution is 2.16. The Morgan fingerprint density at radius 2 is 2.00 bits per heavy atom. The van der Waals surface area contributed by atoms with Gasteiger partial charge in [-0.25, -0.2) is 0 Å². The van der Waals surface area contributed by atoms with Crippen LogP contribution < -0.4 is 5.73 Å². The lowest BCUT2D eigenvalue weighted by Crippen LogP contribution is -2.30. The van der Waals surface area contributed by atoms with Gasteiger partial charge in [-0.15, -0.1) is 0 Å². The number of nitrogens with two attached hydrogens (primary N) is 1. The van der Waals surface area contributed by atoms with Gasteiger partial charge in [-0.1, -0.05) is 28.1 Å². The van der Waals surface area contributed by atoms with Crippen LogP contribution in [0.15, 0.2) is 34.8 Å². The molecule has 0 bridgehead atoms. The van der Waals surface area contributed by atoms with E-state index >= 15 is 0 Å². The summed E-state index contributed by atoms with van der Waals surface area (Å²) in [6, 6.07) is 7.68. The fraction of sp³-hybridized carbons (Fsp3) is 0.286. The molecule has 1 aromatic carbocycles. The van der Waals surface area contributed by atoms with E-state index in [-0.39, 0.29) is 17.7 Å². The van der Waals surface area contributed by atoms with Gasteiger partial charge in [-0.2, -0.15) is 0 Å². The third kappa shape index (κ3) is 3.67. The fourth-order valence-corrected chi connectivity index (χ4v) is 2.30. The fourth-order valence-electron chi connectivity index (χ4n) is 2.04. The number of nitrogens with zero attached hydrogens (tertiary/aromatic N) is 1. The van der Waals surface area contributed by atoms with Crippen LogP contribution in [0, 0.1) is 5.92 Å². The standard InChI is InChI=1S/C14H15BrN2O2/c15-12-4-1-10(2-5-12)3-6-13(18)17-8-7-11(9-17)14(16)19/h1-6,11H,7-9H2,(H2,16,19).